The van der Waals surface area contributed by atoms with E-state index in [-0.39, 0.29) is 11.9 Å². The first-order valence-corrected chi connectivity index (χ1v) is 10.4. The fourth-order valence-electron chi connectivity index (χ4n) is 3.02. The van der Waals surface area contributed by atoms with Gasteiger partial charge in [-0.25, -0.2) is 0 Å². The van der Waals surface area contributed by atoms with Crippen LogP contribution in [0.15, 0.2) is 0 Å². The fourth-order valence-corrected chi connectivity index (χ4v) is 3.02. The molecule has 25 heavy (non-hydrogen) atoms. The molecule has 0 spiro atoms. The molecular formula is C21H40O4. The van der Waals surface area contributed by atoms with Gasteiger partial charge >= 0.3 is 11.9 Å². The highest BCUT2D eigenvalue weighted by Crippen LogP contribution is 2.16. The topological polar surface area (TPSA) is 52.6 Å². The Bertz CT molecular complexity index is 328. The van der Waals surface area contributed by atoms with Gasteiger partial charge in [-0.1, -0.05) is 71.1 Å². The minimum atomic E-state index is -0.0581. The van der Waals surface area contributed by atoms with Crippen molar-refractivity contribution in [2.24, 2.45) is 5.92 Å². The molecule has 0 amide bonds. The molecule has 0 N–H and O–H groups in total. The lowest BCUT2D eigenvalue weighted by atomic mass is 9.99. The Morgan fingerprint density at radius 1 is 0.680 bits per heavy atom. The second-order valence-corrected chi connectivity index (χ2v) is 6.99. The summed E-state index contributed by atoms with van der Waals surface area (Å²) >= 11 is 0. The third-order valence-electron chi connectivity index (χ3n) is 4.45. The second kappa shape index (κ2) is 17.8. The van der Waals surface area contributed by atoms with Gasteiger partial charge in [-0.3, -0.25) is 9.59 Å². The van der Waals surface area contributed by atoms with Crippen LogP contribution in [0.25, 0.3) is 0 Å². The van der Waals surface area contributed by atoms with E-state index in [1.165, 1.54) is 51.4 Å². The maximum atomic E-state index is 11.4. The number of hydrogen-bond donors (Lipinski definition) is 0. The highest BCUT2D eigenvalue weighted by molar-refractivity contribution is 5.69. The number of carbonyl (C=O) groups excluding carboxylic acids is 2. The van der Waals surface area contributed by atoms with Gasteiger partial charge < -0.3 is 9.47 Å². The van der Waals surface area contributed by atoms with E-state index in [4.69, 9.17) is 9.47 Å². The molecule has 148 valence electrons. The van der Waals surface area contributed by atoms with Gasteiger partial charge in [0, 0.05) is 12.8 Å². The smallest absolute Gasteiger partial charge is 0.306 e. The Labute approximate surface area is 155 Å². The minimum absolute atomic E-state index is 0.0564. The van der Waals surface area contributed by atoms with Crippen LogP contribution in [0.2, 0.25) is 0 Å². The number of unbranched alkanes of at least 4 members (excludes halogenated alkanes) is 9. The van der Waals surface area contributed by atoms with Crippen LogP contribution in [0.3, 0.4) is 0 Å². The Hall–Kier alpha value is -1.06. The summed E-state index contributed by atoms with van der Waals surface area (Å²) in [6.45, 7) is 6.81. The normalized spacial score (nSPS) is 12.0. The number of esters is 2. The van der Waals surface area contributed by atoms with Crippen molar-refractivity contribution in [2.75, 3.05) is 13.2 Å². The first kappa shape index (κ1) is 23.9. The van der Waals surface area contributed by atoms with Crippen LogP contribution in [0, 0.1) is 5.92 Å². The van der Waals surface area contributed by atoms with Crippen molar-refractivity contribution < 1.29 is 19.1 Å². The van der Waals surface area contributed by atoms with Crippen molar-refractivity contribution in [1.29, 1.82) is 0 Å². The van der Waals surface area contributed by atoms with Crippen LogP contribution < -0.4 is 0 Å². The van der Waals surface area contributed by atoms with Crippen LogP contribution in [0.4, 0.5) is 0 Å². The lowest BCUT2D eigenvalue weighted by Gasteiger charge is -2.10. The molecule has 0 aromatic heterocycles. The van der Waals surface area contributed by atoms with E-state index in [0.717, 1.165) is 19.3 Å². The maximum Gasteiger partial charge on any atom is 0.306 e. The van der Waals surface area contributed by atoms with Gasteiger partial charge in [0.1, 0.15) is 0 Å². The molecule has 0 bridgehead atoms. The van der Waals surface area contributed by atoms with E-state index in [0.29, 0.717) is 32.0 Å². The first-order chi connectivity index (χ1) is 12.1. The number of carbonyl (C=O) groups is 2. The fraction of sp³-hybridized carbons (Fsp3) is 0.905. The predicted molar refractivity (Wildman–Crippen MR) is 102 cm³/mol. The maximum absolute atomic E-state index is 11.4. The monoisotopic (exact) mass is 356 g/mol. The van der Waals surface area contributed by atoms with E-state index < -0.39 is 0 Å². The third-order valence-corrected chi connectivity index (χ3v) is 4.45. The summed E-state index contributed by atoms with van der Waals surface area (Å²) in [5.74, 6) is 0.324. The molecule has 0 heterocycles. The van der Waals surface area contributed by atoms with Crippen molar-refractivity contribution >= 4 is 11.9 Å². The van der Waals surface area contributed by atoms with Gasteiger partial charge in [0.05, 0.1) is 13.2 Å². The largest absolute Gasteiger partial charge is 0.466 e. The molecule has 0 aromatic rings. The molecule has 1 atom stereocenters. The Kier molecular flexibility index (Phi) is 17.0. The average molecular weight is 357 g/mol. The van der Waals surface area contributed by atoms with Gasteiger partial charge in [-0.15, -0.1) is 0 Å². The van der Waals surface area contributed by atoms with Crippen molar-refractivity contribution in [3.05, 3.63) is 0 Å². The van der Waals surface area contributed by atoms with Crippen LogP contribution >= 0.6 is 0 Å². The summed E-state index contributed by atoms with van der Waals surface area (Å²) in [7, 11) is 0. The third kappa shape index (κ3) is 17.6. The van der Waals surface area contributed by atoms with Crippen LogP contribution in [-0.2, 0) is 19.1 Å². The minimum Gasteiger partial charge on any atom is -0.466 e. The molecule has 0 saturated heterocycles. The number of ether oxygens (including phenoxy) is 2. The molecule has 4 nitrogen and oxygen atoms in total. The second-order valence-electron chi connectivity index (χ2n) is 6.99. The van der Waals surface area contributed by atoms with Gasteiger partial charge in [-0.2, -0.15) is 0 Å². The van der Waals surface area contributed by atoms with Crippen molar-refractivity contribution in [3.8, 4) is 0 Å². The standard InChI is InChI=1S/C21H40O4/c1-4-24-20(22)17-15-13-11-9-7-6-8-10-12-14-16-19(3)18-21(23)25-5-2/h19H,4-18H2,1-3H3. The van der Waals surface area contributed by atoms with E-state index >= 15 is 0 Å². The average Bonchev–Trinajstić information content (AvgIpc) is 2.56. The van der Waals surface area contributed by atoms with E-state index in [1.807, 2.05) is 13.8 Å². The predicted octanol–water partition coefficient (Wildman–Crippen LogP) is 5.82. The Morgan fingerprint density at radius 2 is 1.12 bits per heavy atom. The van der Waals surface area contributed by atoms with E-state index in [9.17, 15) is 9.59 Å². The van der Waals surface area contributed by atoms with Gasteiger partial charge in [0.25, 0.3) is 0 Å². The molecule has 0 aromatic carbocycles. The summed E-state index contributed by atoms with van der Waals surface area (Å²) < 4.78 is 9.90. The molecule has 0 aliphatic heterocycles. The zero-order valence-corrected chi connectivity index (χ0v) is 16.8. The summed E-state index contributed by atoms with van der Waals surface area (Å²) in [5, 5.41) is 0. The molecule has 0 aliphatic rings. The van der Waals surface area contributed by atoms with Crippen LogP contribution in [-0.4, -0.2) is 25.2 Å². The van der Waals surface area contributed by atoms with Gasteiger partial charge in [0.15, 0.2) is 0 Å². The molecule has 0 rings (SSSR count). The highest BCUT2D eigenvalue weighted by Gasteiger charge is 2.09. The van der Waals surface area contributed by atoms with Crippen LogP contribution in [0.5, 0.6) is 0 Å². The molecule has 0 saturated carbocycles. The van der Waals surface area contributed by atoms with Crippen molar-refractivity contribution in [2.45, 2.75) is 104 Å². The quantitative estimate of drug-likeness (QED) is 0.243. The molecule has 0 fully saturated rings. The lowest BCUT2D eigenvalue weighted by Crippen LogP contribution is -2.09. The van der Waals surface area contributed by atoms with E-state index in [1.54, 1.807) is 0 Å². The van der Waals surface area contributed by atoms with Crippen molar-refractivity contribution in [1.82, 2.24) is 0 Å². The summed E-state index contributed by atoms with van der Waals surface area (Å²) in [5.41, 5.74) is 0. The molecule has 1 unspecified atom stereocenters. The summed E-state index contributed by atoms with van der Waals surface area (Å²) in [6.07, 6.45) is 14.6. The molecule has 4 heteroatoms. The zero-order chi connectivity index (χ0) is 18.8. The Morgan fingerprint density at radius 3 is 1.64 bits per heavy atom. The van der Waals surface area contributed by atoms with Gasteiger partial charge in [-0.05, 0) is 26.2 Å². The molecule has 0 aliphatic carbocycles. The Balaban J connectivity index is 3.23. The number of rotatable bonds is 17. The van der Waals surface area contributed by atoms with Crippen molar-refractivity contribution in [3.63, 3.8) is 0 Å². The zero-order valence-electron chi connectivity index (χ0n) is 16.8. The lowest BCUT2D eigenvalue weighted by molar-refractivity contribution is -0.144. The SMILES string of the molecule is CCOC(=O)CCCCCCCCCCCCC(C)CC(=O)OCC. The summed E-state index contributed by atoms with van der Waals surface area (Å²) in [4.78, 5) is 22.6. The van der Waals surface area contributed by atoms with Gasteiger partial charge in [0.2, 0.25) is 0 Å². The summed E-state index contributed by atoms with van der Waals surface area (Å²) in [6, 6.07) is 0. The highest BCUT2D eigenvalue weighted by atomic mass is 16.5. The molecule has 0 radical (unpaired) electrons. The van der Waals surface area contributed by atoms with Crippen LogP contribution in [0.1, 0.15) is 104 Å². The first-order valence-electron chi connectivity index (χ1n) is 10.4. The molecular weight excluding hydrogens is 316 g/mol. The van der Waals surface area contributed by atoms with E-state index in [2.05, 4.69) is 6.92 Å². The number of hydrogen-bond acceptors (Lipinski definition) is 4.